The Morgan fingerprint density at radius 3 is 2.67 bits per heavy atom. The summed E-state index contributed by atoms with van der Waals surface area (Å²) in [6.45, 7) is 8.54. The SMILES string of the molecule is CCCNCC(Cc1cccc(F)c1Cl)C(C)C. The molecular weight excluding hydrogens is 249 g/mol. The van der Waals surface area contributed by atoms with Crippen molar-refractivity contribution in [1.29, 1.82) is 0 Å². The van der Waals surface area contributed by atoms with Crippen molar-refractivity contribution < 1.29 is 4.39 Å². The summed E-state index contributed by atoms with van der Waals surface area (Å²) >= 11 is 6.01. The maximum atomic E-state index is 13.4. The topological polar surface area (TPSA) is 12.0 Å². The van der Waals surface area contributed by atoms with Crippen molar-refractivity contribution in [2.45, 2.75) is 33.6 Å². The average molecular weight is 272 g/mol. The minimum Gasteiger partial charge on any atom is -0.316 e. The predicted molar refractivity (Wildman–Crippen MR) is 76.6 cm³/mol. The third-order valence-electron chi connectivity index (χ3n) is 3.29. The molecule has 0 amide bonds. The van der Waals surface area contributed by atoms with Gasteiger partial charge in [0.25, 0.3) is 0 Å². The van der Waals surface area contributed by atoms with E-state index in [-0.39, 0.29) is 10.8 Å². The van der Waals surface area contributed by atoms with Gasteiger partial charge in [-0.25, -0.2) is 4.39 Å². The highest BCUT2D eigenvalue weighted by Gasteiger charge is 2.16. The van der Waals surface area contributed by atoms with E-state index >= 15 is 0 Å². The molecule has 1 atom stereocenters. The quantitative estimate of drug-likeness (QED) is 0.730. The first-order chi connectivity index (χ1) is 8.56. The van der Waals surface area contributed by atoms with E-state index in [0.717, 1.165) is 31.5 Å². The monoisotopic (exact) mass is 271 g/mol. The van der Waals surface area contributed by atoms with Crippen LogP contribution in [0.25, 0.3) is 0 Å². The van der Waals surface area contributed by atoms with Crippen LogP contribution in [-0.2, 0) is 6.42 Å². The van der Waals surface area contributed by atoms with Gasteiger partial charge < -0.3 is 5.32 Å². The Balaban J connectivity index is 2.68. The summed E-state index contributed by atoms with van der Waals surface area (Å²) in [4.78, 5) is 0. The van der Waals surface area contributed by atoms with E-state index in [0.29, 0.717) is 11.8 Å². The van der Waals surface area contributed by atoms with Crippen LogP contribution in [-0.4, -0.2) is 13.1 Å². The molecular formula is C15H23ClFN. The van der Waals surface area contributed by atoms with Gasteiger partial charge in [0.15, 0.2) is 0 Å². The summed E-state index contributed by atoms with van der Waals surface area (Å²) in [5.41, 5.74) is 0.911. The molecule has 1 aromatic carbocycles. The maximum Gasteiger partial charge on any atom is 0.142 e. The van der Waals surface area contributed by atoms with E-state index in [1.165, 1.54) is 6.07 Å². The molecule has 3 heteroatoms. The largest absolute Gasteiger partial charge is 0.316 e. The zero-order valence-electron chi connectivity index (χ0n) is 11.5. The van der Waals surface area contributed by atoms with Gasteiger partial charge in [0.2, 0.25) is 0 Å². The summed E-state index contributed by atoms with van der Waals surface area (Å²) in [7, 11) is 0. The standard InChI is InChI=1S/C15H23ClFN/c1-4-8-18-10-13(11(2)3)9-12-6-5-7-14(17)15(12)16/h5-7,11,13,18H,4,8-10H2,1-3H3. The van der Waals surface area contributed by atoms with Crippen LogP contribution in [0.2, 0.25) is 5.02 Å². The molecule has 1 aromatic rings. The van der Waals surface area contributed by atoms with Crippen LogP contribution in [0.15, 0.2) is 18.2 Å². The molecule has 0 aliphatic rings. The van der Waals surface area contributed by atoms with Gasteiger partial charge in [-0.1, -0.05) is 44.5 Å². The first kappa shape index (κ1) is 15.5. The molecule has 0 saturated heterocycles. The van der Waals surface area contributed by atoms with Crippen LogP contribution in [0.5, 0.6) is 0 Å². The minimum atomic E-state index is -0.321. The molecule has 102 valence electrons. The molecule has 0 aliphatic heterocycles. The lowest BCUT2D eigenvalue weighted by atomic mass is 9.89. The van der Waals surface area contributed by atoms with Crippen LogP contribution in [0.4, 0.5) is 4.39 Å². The molecule has 0 spiro atoms. The van der Waals surface area contributed by atoms with Crippen molar-refractivity contribution >= 4 is 11.6 Å². The lowest BCUT2D eigenvalue weighted by Crippen LogP contribution is -2.28. The van der Waals surface area contributed by atoms with E-state index in [2.05, 4.69) is 26.1 Å². The molecule has 1 N–H and O–H groups in total. The maximum absolute atomic E-state index is 13.4. The van der Waals surface area contributed by atoms with Gasteiger partial charge in [-0.3, -0.25) is 0 Å². The van der Waals surface area contributed by atoms with Gasteiger partial charge in [-0.2, -0.15) is 0 Å². The number of halogens is 2. The zero-order chi connectivity index (χ0) is 13.5. The number of rotatable bonds is 7. The molecule has 0 heterocycles. The fraction of sp³-hybridized carbons (Fsp3) is 0.600. The Bertz CT molecular complexity index is 366. The average Bonchev–Trinajstić information content (AvgIpc) is 2.33. The third kappa shape index (κ3) is 4.58. The first-order valence-electron chi connectivity index (χ1n) is 6.69. The lowest BCUT2D eigenvalue weighted by Gasteiger charge is -2.22. The smallest absolute Gasteiger partial charge is 0.142 e. The fourth-order valence-corrected chi connectivity index (χ4v) is 2.20. The summed E-state index contributed by atoms with van der Waals surface area (Å²) in [6.07, 6.45) is 1.95. The van der Waals surface area contributed by atoms with E-state index < -0.39 is 0 Å². The van der Waals surface area contributed by atoms with E-state index in [9.17, 15) is 4.39 Å². The fourth-order valence-electron chi connectivity index (χ4n) is 2.00. The molecule has 1 unspecified atom stereocenters. The Hall–Kier alpha value is -0.600. The van der Waals surface area contributed by atoms with Gasteiger partial charge in [0, 0.05) is 0 Å². The van der Waals surface area contributed by atoms with Crippen molar-refractivity contribution in [3.63, 3.8) is 0 Å². The van der Waals surface area contributed by atoms with Gasteiger partial charge in [-0.05, 0) is 49.4 Å². The van der Waals surface area contributed by atoms with Crippen LogP contribution >= 0.6 is 11.6 Å². The summed E-state index contributed by atoms with van der Waals surface area (Å²) in [5, 5.41) is 3.71. The molecule has 1 rings (SSSR count). The minimum absolute atomic E-state index is 0.277. The van der Waals surface area contributed by atoms with E-state index in [4.69, 9.17) is 11.6 Å². The second kappa shape index (κ2) is 7.75. The van der Waals surface area contributed by atoms with Crippen molar-refractivity contribution in [3.8, 4) is 0 Å². The molecule has 0 aliphatic carbocycles. The molecule has 0 radical (unpaired) electrons. The molecule has 18 heavy (non-hydrogen) atoms. The van der Waals surface area contributed by atoms with Gasteiger partial charge in [0.05, 0.1) is 5.02 Å². The third-order valence-corrected chi connectivity index (χ3v) is 3.71. The second-order valence-electron chi connectivity index (χ2n) is 5.13. The van der Waals surface area contributed by atoms with Crippen molar-refractivity contribution in [3.05, 3.63) is 34.6 Å². The van der Waals surface area contributed by atoms with Crippen molar-refractivity contribution in [1.82, 2.24) is 5.32 Å². The van der Waals surface area contributed by atoms with Gasteiger partial charge in [0.1, 0.15) is 5.82 Å². The Kier molecular flexibility index (Phi) is 6.66. The summed E-state index contributed by atoms with van der Waals surface area (Å²) in [5.74, 6) is 0.711. The second-order valence-corrected chi connectivity index (χ2v) is 5.50. The number of benzene rings is 1. The Morgan fingerprint density at radius 1 is 1.33 bits per heavy atom. The lowest BCUT2D eigenvalue weighted by molar-refractivity contribution is 0.360. The molecule has 0 aromatic heterocycles. The van der Waals surface area contributed by atoms with Gasteiger partial charge >= 0.3 is 0 Å². The number of nitrogens with one attached hydrogen (secondary N) is 1. The van der Waals surface area contributed by atoms with Crippen molar-refractivity contribution in [2.75, 3.05) is 13.1 Å². The Morgan fingerprint density at radius 2 is 2.06 bits per heavy atom. The van der Waals surface area contributed by atoms with E-state index in [1.54, 1.807) is 6.07 Å². The molecule has 0 bridgehead atoms. The Labute approximate surface area is 115 Å². The highest BCUT2D eigenvalue weighted by atomic mass is 35.5. The van der Waals surface area contributed by atoms with Crippen LogP contribution in [0.1, 0.15) is 32.8 Å². The number of hydrogen-bond donors (Lipinski definition) is 1. The molecule has 0 saturated carbocycles. The summed E-state index contributed by atoms with van der Waals surface area (Å²) in [6, 6.07) is 5.06. The highest BCUT2D eigenvalue weighted by molar-refractivity contribution is 6.31. The van der Waals surface area contributed by atoms with Crippen LogP contribution in [0, 0.1) is 17.7 Å². The van der Waals surface area contributed by atoms with E-state index in [1.807, 2.05) is 6.07 Å². The molecule has 0 fully saturated rings. The van der Waals surface area contributed by atoms with Gasteiger partial charge in [-0.15, -0.1) is 0 Å². The number of hydrogen-bond acceptors (Lipinski definition) is 1. The van der Waals surface area contributed by atoms with Crippen LogP contribution in [0.3, 0.4) is 0 Å². The van der Waals surface area contributed by atoms with Crippen molar-refractivity contribution in [2.24, 2.45) is 11.8 Å². The normalized spacial score (nSPS) is 13.0. The predicted octanol–water partition coefficient (Wildman–Crippen LogP) is 4.29. The zero-order valence-corrected chi connectivity index (χ0v) is 12.2. The van der Waals surface area contributed by atoms with Crippen LogP contribution < -0.4 is 5.32 Å². The first-order valence-corrected chi connectivity index (χ1v) is 7.07. The molecule has 1 nitrogen and oxygen atoms in total. The summed E-state index contributed by atoms with van der Waals surface area (Å²) < 4.78 is 13.4. The highest BCUT2D eigenvalue weighted by Crippen LogP contribution is 2.25.